The SMILES string of the molecule is CCCCCC=C(c1cc([N+](=O)[O-])cc(C(=O)O)c1OC)c1cc([N+](=O)[O-])cc(C(=O)O)c1OC. The van der Waals surface area contributed by atoms with E-state index in [0.717, 1.165) is 37.1 Å². The predicted octanol–water partition coefficient (Wildman–Crippen LogP) is 4.93. The zero-order chi connectivity index (χ0) is 26.3. The van der Waals surface area contributed by atoms with Gasteiger partial charge in [-0.05, 0) is 18.4 Å². The summed E-state index contributed by atoms with van der Waals surface area (Å²) in [5, 5.41) is 42.4. The molecule has 2 aromatic rings. The Kier molecular flexibility index (Phi) is 8.86. The quantitative estimate of drug-likeness (QED) is 0.236. The van der Waals surface area contributed by atoms with Crippen LogP contribution in [0, 0.1) is 20.2 Å². The number of carboxylic acids is 2. The van der Waals surface area contributed by atoms with Gasteiger partial charge in [-0.15, -0.1) is 0 Å². The smallest absolute Gasteiger partial charge is 0.339 e. The Balaban J connectivity index is 3.04. The Morgan fingerprint density at radius 1 is 0.829 bits per heavy atom. The van der Waals surface area contributed by atoms with Crippen LogP contribution in [0.5, 0.6) is 11.5 Å². The number of non-ortho nitro benzene ring substituents is 2. The maximum absolute atomic E-state index is 11.9. The molecule has 0 aromatic heterocycles. The minimum Gasteiger partial charge on any atom is -0.495 e. The van der Waals surface area contributed by atoms with Gasteiger partial charge in [0.2, 0.25) is 0 Å². The van der Waals surface area contributed by atoms with Crippen molar-refractivity contribution in [2.45, 2.75) is 32.6 Å². The monoisotopic (exact) mass is 488 g/mol. The number of unbranched alkanes of at least 4 members (excludes halogenated alkanes) is 3. The van der Waals surface area contributed by atoms with Gasteiger partial charge in [-0.3, -0.25) is 20.2 Å². The number of nitro groups is 2. The van der Waals surface area contributed by atoms with Crippen LogP contribution in [0.15, 0.2) is 30.3 Å². The number of rotatable bonds is 12. The lowest BCUT2D eigenvalue weighted by Gasteiger charge is -2.18. The number of benzene rings is 2. The molecule has 0 saturated carbocycles. The van der Waals surface area contributed by atoms with Crippen molar-refractivity contribution < 1.29 is 39.1 Å². The zero-order valence-electron chi connectivity index (χ0n) is 19.3. The molecule has 186 valence electrons. The first-order valence-corrected chi connectivity index (χ1v) is 10.5. The molecule has 0 aliphatic rings. The highest BCUT2D eigenvalue weighted by Crippen LogP contribution is 2.43. The first kappa shape index (κ1) is 26.8. The summed E-state index contributed by atoms with van der Waals surface area (Å²) in [6, 6.07) is 3.84. The molecule has 0 amide bonds. The van der Waals surface area contributed by atoms with Crippen LogP contribution in [-0.4, -0.2) is 46.2 Å². The summed E-state index contributed by atoms with van der Waals surface area (Å²) in [5.74, 6) is -3.44. The molecule has 0 bridgehead atoms. The van der Waals surface area contributed by atoms with Crippen LogP contribution < -0.4 is 9.47 Å². The Labute approximate surface area is 199 Å². The summed E-state index contributed by atoms with van der Waals surface area (Å²) in [4.78, 5) is 45.3. The van der Waals surface area contributed by atoms with E-state index >= 15 is 0 Å². The number of nitro benzene ring substituents is 2. The van der Waals surface area contributed by atoms with E-state index in [1.54, 1.807) is 6.08 Å². The van der Waals surface area contributed by atoms with Gasteiger partial charge in [0.15, 0.2) is 0 Å². The normalized spacial score (nSPS) is 10.4. The second-order valence-electron chi connectivity index (χ2n) is 7.39. The molecule has 0 radical (unpaired) electrons. The molecule has 0 saturated heterocycles. The molecule has 12 nitrogen and oxygen atoms in total. The third-order valence-electron chi connectivity index (χ3n) is 5.17. The minimum absolute atomic E-state index is 0.0502. The molecule has 0 aliphatic carbocycles. The van der Waals surface area contributed by atoms with E-state index in [1.807, 2.05) is 6.92 Å². The number of methoxy groups -OCH3 is 2. The van der Waals surface area contributed by atoms with Crippen molar-refractivity contribution in [3.63, 3.8) is 0 Å². The molecular formula is C23H24N2O10. The average Bonchev–Trinajstić information content (AvgIpc) is 2.82. The molecule has 0 atom stereocenters. The summed E-state index contributed by atoms with van der Waals surface area (Å²) in [6.45, 7) is 1.98. The number of carbonyl (C=O) groups is 2. The molecule has 0 heterocycles. The number of hydrogen-bond donors (Lipinski definition) is 2. The van der Waals surface area contributed by atoms with Gasteiger partial charge >= 0.3 is 11.9 Å². The summed E-state index contributed by atoms with van der Waals surface area (Å²) < 4.78 is 10.6. The van der Waals surface area contributed by atoms with E-state index in [9.17, 15) is 40.0 Å². The number of allylic oxidation sites excluding steroid dienone is 1. The number of carboxylic acid groups (broad SMARTS) is 2. The molecular weight excluding hydrogens is 464 g/mol. The van der Waals surface area contributed by atoms with Crippen molar-refractivity contribution in [1.82, 2.24) is 0 Å². The lowest BCUT2D eigenvalue weighted by Crippen LogP contribution is -2.08. The van der Waals surface area contributed by atoms with Crippen molar-refractivity contribution in [3.8, 4) is 11.5 Å². The van der Waals surface area contributed by atoms with Crippen LogP contribution in [-0.2, 0) is 0 Å². The fourth-order valence-corrected chi connectivity index (χ4v) is 3.60. The van der Waals surface area contributed by atoms with E-state index in [1.165, 1.54) is 14.2 Å². The Bertz CT molecular complexity index is 1120. The van der Waals surface area contributed by atoms with Crippen LogP contribution in [0.2, 0.25) is 0 Å². The van der Waals surface area contributed by atoms with Gasteiger partial charge in [-0.2, -0.15) is 0 Å². The molecule has 2 rings (SSSR count). The maximum Gasteiger partial charge on any atom is 0.339 e. The summed E-state index contributed by atoms with van der Waals surface area (Å²) in [6.07, 6.45) is 4.42. The van der Waals surface area contributed by atoms with Gasteiger partial charge in [-0.25, -0.2) is 9.59 Å². The molecule has 0 aliphatic heterocycles. The highest BCUT2D eigenvalue weighted by atomic mass is 16.6. The molecule has 35 heavy (non-hydrogen) atoms. The highest BCUT2D eigenvalue weighted by Gasteiger charge is 2.29. The lowest BCUT2D eigenvalue weighted by molar-refractivity contribution is -0.385. The largest absolute Gasteiger partial charge is 0.495 e. The number of hydrogen-bond acceptors (Lipinski definition) is 8. The molecule has 0 fully saturated rings. The predicted molar refractivity (Wildman–Crippen MR) is 124 cm³/mol. The van der Waals surface area contributed by atoms with Crippen molar-refractivity contribution in [2.24, 2.45) is 0 Å². The average molecular weight is 488 g/mol. The van der Waals surface area contributed by atoms with Gasteiger partial charge in [0.05, 0.1) is 24.1 Å². The standard InChI is InChI=1S/C23H24N2O10/c1-4-5-6-7-8-15(16-9-13(24(30)31)11-18(22(26)27)20(16)34-2)17-10-14(25(32)33)12-19(23(28)29)21(17)35-3/h8-12H,4-7H2,1-3H3,(H,26,27)(H,28,29). The number of aromatic carboxylic acids is 2. The first-order chi connectivity index (χ1) is 16.6. The minimum atomic E-state index is -1.49. The third kappa shape index (κ3) is 5.91. The van der Waals surface area contributed by atoms with E-state index in [-0.39, 0.29) is 28.2 Å². The van der Waals surface area contributed by atoms with Crippen molar-refractivity contribution in [1.29, 1.82) is 0 Å². The summed E-state index contributed by atoms with van der Waals surface area (Å²) in [5.41, 5.74) is -2.11. The summed E-state index contributed by atoms with van der Waals surface area (Å²) in [7, 11) is 2.36. The summed E-state index contributed by atoms with van der Waals surface area (Å²) >= 11 is 0. The van der Waals surface area contributed by atoms with Crippen LogP contribution in [0.25, 0.3) is 5.57 Å². The van der Waals surface area contributed by atoms with Crippen LogP contribution in [0.3, 0.4) is 0 Å². The van der Waals surface area contributed by atoms with Crippen molar-refractivity contribution >= 4 is 28.9 Å². The fourth-order valence-electron chi connectivity index (χ4n) is 3.60. The maximum atomic E-state index is 11.9. The zero-order valence-corrected chi connectivity index (χ0v) is 19.3. The molecule has 0 spiro atoms. The first-order valence-electron chi connectivity index (χ1n) is 10.5. The van der Waals surface area contributed by atoms with Crippen molar-refractivity contribution in [3.05, 3.63) is 72.8 Å². The van der Waals surface area contributed by atoms with Gasteiger partial charge in [0.25, 0.3) is 11.4 Å². The Morgan fingerprint density at radius 2 is 1.23 bits per heavy atom. The Hall–Kier alpha value is -4.48. The highest BCUT2D eigenvalue weighted by molar-refractivity contribution is 6.00. The Morgan fingerprint density at radius 3 is 1.54 bits per heavy atom. The molecule has 2 N–H and O–H groups in total. The van der Waals surface area contributed by atoms with E-state index < -0.39 is 44.3 Å². The second-order valence-corrected chi connectivity index (χ2v) is 7.39. The van der Waals surface area contributed by atoms with Gasteiger partial charge in [0.1, 0.15) is 22.6 Å². The van der Waals surface area contributed by atoms with E-state index in [4.69, 9.17) is 9.47 Å². The third-order valence-corrected chi connectivity index (χ3v) is 5.17. The number of ether oxygens (including phenoxy) is 2. The molecule has 2 aromatic carbocycles. The van der Waals surface area contributed by atoms with Crippen molar-refractivity contribution in [2.75, 3.05) is 14.2 Å². The van der Waals surface area contributed by atoms with E-state index in [2.05, 4.69) is 0 Å². The van der Waals surface area contributed by atoms with Crippen LogP contribution in [0.1, 0.15) is 64.4 Å². The van der Waals surface area contributed by atoms with Gasteiger partial charge in [0, 0.05) is 35.4 Å². The van der Waals surface area contributed by atoms with E-state index in [0.29, 0.717) is 12.8 Å². The second kappa shape index (κ2) is 11.6. The lowest BCUT2D eigenvalue weighted by atomic mass is 9.90. The topological polar surface area (TPSA) is 179 Å². The van der Waals surface area contributed by atoms with Gasteiger partial charge in [-0.1, -0.05) is 25.8 Å². The van der Waals surface area contributed by atoms with Gasteiger partial charge < -0.3 is 19.7 Å². The van der Waals surface area contributed by atoms with Crippen LogP contribution >= 0.6 is 0 Å². The molecule has 12 heteroatoms. The number of nitrogens with zero attached hydrogens (tertiary/aromatic N) is 2. The fraction of sp³-hybridized carbons (Fsp3) is 0.304. The van der Waals surface area contributed by atoms with Crippen LogP contribution in [0.4, 0.5) is 11.4 Å². The molecule has 0 unspecified atom stereocenters.